The molecule has 0 atom stereocenters. The Labute approximate surface area is 65.7 Å². The van der Waals surface area contributed by atoms with Gasteiger partial charge in [0.2, 0.25) is 6.41 Å². The highest BCUT2D eigenvalue weighted by atomic mass is 16.1. The molecule has 0 spiro atoms. The fourth-order valence-corrected chi connectivity index (χ4v) is 1.13. The molecular weight excluding hydrogens is 142 g/mol. The number of hydrogen-bond acceptors (Lipinski definition) is 2. The quantitative estimate of drug-likeness (QED) is 0.548. The lowest BCUT2D eigenvalue weighted by atomic mass is 10.1. The summed E-state index contributed by atoms with van der Waals surface area (Å²) in [6.45, 7) is 2.26. The van der Waals surface area contributed by atoms with Crippen molar-refractivity contribution in [2.24, 2.45) is 0 Å². The summed E-state index contributed by atoms with van der Waals surface area (Å²) < 4.78 is 0. The zero-order valence-electron chi connectivity index (χ0n) is 6.54. The van der Waals surface area contributed by atoms with E-state index in [1.54, 1.807) is 6.20 Å². The van der Waals surface area contributed by atoms with Crippen LogP contribution in [0.5, 0.6) is 0 Å². The summed E-state index contributed by atoms with van der Waals surface area (Å²) in [7, 11) is 0. The van der Waals surface area contributed by atoms with Crippen LogP contribution < -0.4 is 0 Å². The second-order valence-electron chi connectivity index (χ2n) is 2.66. The molecule has 0 radical (unpaired) electrons. The third kappa shape index (κ3) is 1.90. The fourth-order valence-electron chi connectivity index (χ4n) is 1.13. The van der Waals surface area contributed by atoms with E-state index in [0.29, 0.717) is 0 Å². The molecule has 1 heterocycles. The Hall–Kier alpha value is -1.12. The van der Waals surface area contributed by atoms with Crippen molar-refractivity contribution in [2.75, 3.05) is 6.54 Å². The number of Topliss-reactive ketones (excluding diaryl/α,β-unsaturated/α-hetero) is 1. The molecule has 0 saturated heterocycles. The van der Waals surface area contributed by atoms with E-state index in [1.807, 2.05) is 0 Å². The van der Waals surface area contributed by atoms with Crippen LogP contribution in [-0.4, -0.2) is 23.6 Å². The smallest absolute Gasteiger partial charge is 0.213 e. The number of nitrogens with zero attached hydrogens (tertiary/aromatic N) is 1. The Morgan fingerprint density at radius 2 is 2.45 bits per heavy atom. The summed E-state index contributed by atoms with van der Waals surface area (Å²) in [4.78, 5) is 22.7. The van der Waals surface area contributed by atoms with Crippen molar-refractivity contribution in [3.63, 3.8) is 0 Å². The lowest BCUT2D eigenvalue weighted by molar-refractivity contribution is -0.116. The number of amides is 1. The molecule has 3 nitrogen and oxygen atoms in total. The van der Waals surface area contributed by atoms with Gasteiger partial charge in [0.05, 0.1) is 0 Å². The topological polar surface area (TPSA) is 37.4 Å². The Kier molecular flexibility index (Phi) is 2.41. The largest absolute Gasteiger partial charge is 0.321 e. The van der Waals surface area contributed by atoms with Gasteiger partial charge in [-0.15, -0.1) is 0 Å². The van der Waals surface area contributed by atoms with Gasteiger partial charge in [-0.3, -0.25) is 9.59 Å². The van der Waals surface area contributed by atoms with Gasteiger partial charge < -0.3 is 4.90 Å². The van der Waals surface area contributed by atoms with E-state index in [-0.39, 0.29) is 5.78 Å². The number of carbonyl (C=O) groups is 2. The highest BCUT2D eigenvalue weighted by Crippen LogP contribution is 2.13. The van der Waals surface area contributed by atoms with Gasteiger partial charge in [0, 0.05) is 18.3 Å². The minimum absolute atomic E-state index is 0.0663. The first-order chi connectivity index (χ1) is 5.24. The minimum Gasteiger partial charge on any atom is -0.321 e. The summed E-state index contributed by atoms with van der Waals surface area (Å²) in [6, 6.07) is 0. The number of ketones is 1. The molecule has 0 aromatic rings. The summed E-state index contributed by atoms with van der Waals surface area (Å²) in [5.74, 6) is 0.0663. The molecule has 0 aromatic heterocycles. The molecule has 1 aliphatic rings. The van der Waals surface area contributed by atoms with Gasteiger partial charge in [0.15, 0.2) is 5.78 Å². The maximum atomic E-state index is 10.8. The Morgan fingerprint density at radius 3 is 3.00 bits per heavy atom. The number of allylic oxidation sites excluding steroid dienone is 1. The third-order valence-corrected chi connectivity index (χ3v) is 1.77. The van der Waals surface area contributed by atoms with Crippen LogP contribution in [-0.2, 0) is 9.59 Å². The van der Waals surface area contributed by atoms with Crippen molar-refractivity contribution in [1.82, 2.24) is 4.90 Å². The van der Waals surface area contributed by atoms with Crippen LogP contribution in [0.15, 0.2) is 11.8 Å². The maximum absolute atomic E-state index is 10.8. The predicted molar refractivity (Wildman–Crippen MR) is 40.8 cm³/mol. The standard InChI is InChI=1S/C8H11NO2/c1-7(11)8-3-2-4-9(5-8)6-10/h5-6H,2-4H2,1H3. The van der Waals surface area contributed by atoms with Crippen LogP contribution in [0.25, 0.3) is 0 Å². The molecule has 11 heavy (non-hydrogen) atoms. The minimum atomic E-state index is 0.0663. The number of carbonyl (C=O) groups excluding carboxylic acids is 2. The summed E-state index contributed by atoms with van der Waals surface area (Å²) >= 11 is 0. The molecular formula is C8H11NO2. The Balaban J connectivity index is 2.71. The van der Waals surface area contributed by atoms with E-state index >= 15 is 0 Å². The van der Waals surface area contributed by atoms with Gasteiger partial charge in [-0.2, -0.15) is 0 Å². The third-order valence-electron chi connectivity index (χ3n) is 1.77. The molecule has 1 rings (SSSR count). The molecule has 0 bridgehead atoms. The van der Waals surface area contributed by atoms with Gasteiger partial charge in [-0.25, -0.2) is 0 Å². The zero-order valence-corrected chi connectivity index (χ0v) is 6.54. The second kappa shape index (κ2) is 3.32. The van der Waals surface area contributed by atoms with Crippen molar-refractivity contribution in [3.05, 3.63) is 11.8 Å². The van der Waals surface area contributed by atoms with Gasteiger partial charge in [-0.05, 0) is 19.8 Å². The average Bonchev–Trinajstić information content (AvgIpc) is 2.05. The van der Waals surface area contributed by atoms with E-state index in [4.69, 9.17) is 0 Å². The lowest BCUT2D eigenvalue weighted by Crippen LogP contribution is -2.22. The molecule has 0 saturated carbocycles. The second-order valence-corrected chi connectivity index (χ2v) is 2.66. The van der Waals surface area contributed by atoms with Gasteiger partial charge >= 0.3 is 0 Å². The fraction of sp³-hybridized carbons (Fsp3) is 0.500. The molecule has 1 amide bonds. The summed E-state index contributed by atoms with van der Waals surface area (Å²) in [5.41, 5.74) is 0.753. The zero-order chi connectivity index (χ0) is 8.27. The highest BCUT2D eigenvalue weighted by molar-refractivity contribution is 5.93. The number of rotatable bonds is 2. The van der Waals surface area contributed by atoms with Gasteiger partial charge in [0.25, 0.3) is 0 Å². The summed E-state index contributed by atoms with van der Waals surface area (Å²) in [5, 5.41) is 0. The number of hydrogen-bond donors (Lipinski definition) is 0. The summed E-state index contributed by atoms with van der Waals surface area (Å²) in [6.07, 6.45) is 4.09. The van der Waals surface area contributed by atoms with Crippen molar-refractivity contribution in [1.29, 1.82) is 0 Å². The van der Waals surface area contributed by atoms with Crippen LogP contribution in [0.4, 0.5) is 0 Å². The van der Waals surface area contributed by atoms with Crippen molar-refractivity contribution in [2.45, 2.75) is 19.8 Å². The maximum Gasteiger partial charge on any atom is 0.213 e. The van der Waals surface area contributed by atoms with Crippen LogP contribution in [0, 0.1) is 0 Å². The molecule has 0 aromatic carbocycles. The van der Waals surface area contributed by atoms with E-state index in [9.17, 15) is 9.59 Å². The SMILES string of the molecule is CC(=O)C1=CN(C=O)CCC1. The first-order valence-electron chi connectivity index (χ1n) is 3.66. The predicted octanol–water partition coefficient (Wildman–Crippen LogP) is 0.712. The van der Waals surface area contributed by atoms with Crippen LogP contribution in [0.1, 0.15) is 19.8 Å². The first kappa shape index (κ1) is 7.98. The molecule has 0 fully saturated rings. The molecule has 60 valence electrons. The average molecular weight is 153 g/mol. The molecule has 0 unspecified atom stereocenters. The van der Waals surface area contributed by atoms with Crippen LogP contribution in [0.2, 0.25) is 0 Å². The van der Waals surface area contributed by atoms with E-state index in [2.05, 4.69) is 0 Å². The van der Waals surface area contributed by atoms with Crippen LogP contribution >= 0.6 is 0 Å². The van der Waals surface area contributed by atoms with Crippen molar-refractivity contribution >= 4 is 12.2 Å². The van der Waals surface area contributed by atoms with Gasteiger partial charge in [0.1, 0.15) is 0 Å². The van der Waals surface area contributed by atoms with Crippen molar-refractivity contribution in [3.8, 4) is 0 Å². The molecule has 3 heteroatoms. The molecule has 0 N–H and O–H groups in total. The van der Waals surface area contributed by atoms with Gasteiger partial charge in [-0.1, -0.05) is 0 Å². The Morgan fingerprint density at radius 1 is 1.73 bits per heavy atom. The molecule has 1 aliphatic heterocycles. The van der Waals surface area contributed by atoms with E-state index in [0.717, 1.165) is 31.4 Å². The van der Waals surface area contributed by atoms with Crippen molar-refractivity contribution < 1.29 is 9.59 Å². The molecule has 0 aliphatic carbocycles. The van der Waals surface area contributed by atoms with E-state index < -0.39 is 0 Å². The highest BCUT2D eigenvalue weighted by Gasteiger charge is 2.11. The Bertz CT molecular complexity index is 208. The lowest BCUT2D eigenvalue weighted by Gasteiger charge is -2.19. The first-order valence-corrected chi connectivity index (χ1v) is 3.66. The normalized spacial score (nSPS) is 17.5. The monoisotopic (exact) mass is 153 g/mol. The van der Waals surface area contributed by atoms with E-state index in [1.165, 1.54) is 11.8 Å². The van der Waals surface area contributed by atoms with Crippen LogP contribution in [0.3, 0.4) is 0 Å².